The summed E-state index contributed by atoms with van der Waals surface area (Å²) in [7, 11) is 1.77. The molecule has 18 heavy (non-hydrogen) atoms. The van der Waals surface area contributed by atoms with Gasteiger partial charge in [0.1, 0.15) is 0 Å². The summed E-state index contributed by atoms with van der Waals surface area (Å²) >= 11 is 0. The zero-order valence-corrected chi connectivity index (χ0v) is 13.2. The van der Waals surface area contributed by atoms with E-state index in [1.807, 2.05) is 0 Å². The number of nitrogens with two attached hydrogens (primary N) is 1. The summed E-state index contributed by atoms with van der Waals surface area (Å²) in [6.07, 6.45) is 3.69. The molecular formula is C15H34N2O. The van der Waals surface area contributed by atoms with E-state index < -0.39 is 0 Å². The molecule has 0 bridgehead atoms. The third-order valence-corrected chi connectivity index (χ3v) is 3.83. The predicted octanol–water partition coefficient (Wildman–Crippen LogP) is 2.75. The normalized spacial score (nSPS) is 14.2. The molecule has 110 valence electrons. The molecule has 1 atom stereocenters. The summed E-state index contributed by atoms with van der Waals surface area (Å²) < 4.78 is 5.14. The molecule has 0 saturated carbocycles. The number of hydrogen-bond acceptors (Lipinski definition) is 3. The zero-order valence-electron chi connectivity index (χ0n) is 13.2. The van der Waals surface area contributed by atoms with Crippen LogP contribution >= 0.6 is 0 Å². The SMILES string of the molecule is CCN(CCCC(CCN)C(C)(C)C)CCOC. The molecule has 0 aliphatic rings. The van der Waals surface area contributed by atoms with Crippen LogP contribution in [0.1, 0.15) is 47.0 Å². The molecule has 0 amide bonds. The fourth-order valence-corrected chi connectivity index (χ4v) is 2.42. The first-order chi connectivity index (χ1) is 8.45. The van der Waals surface area contributed by atoms with E-state index in [-0.39, 0.29) is 0 Å². The summed E-state index contributed by atoms with van der Waals surface area (Å²) in [4.78, 5) is 2.46. The van der Waals surface area contributed by atoms with E-state index in [2.05, 4.69) is 32.6 Å². The third-order valence-electron chi connectivity index (χ3n) is 3.83. The van der Waals surface area contributed by atoms with Crippen molar-refractivity contribution in [3.63, 3.8) is 0 Å². The van der Waals surface area contributed by atoms with Crippen molar-refractivity contribution in [2.24, 2.45) is 17.1 Å². The van der Waals surface area contributed by atoms with Gasteiger partial charge in [0.05, 0.1) is 6.61 Å². The first kappa shape index (κ1) is 17.9. The monoisotopic (exact) mass is 258 g/mol. The van der Waals surface area contributed by atoms with Gasteiger partial charge in [-0.25, -0.2) is 0 Å². The van der Waals surface area contributed by atoms with Gasteiger partial charge in [0, 0.05) is 13.7 Å². The van der Waals surface area contributed by atoms with Crippen LogP contribution in [0.5, 0.6) is 0 Å². The van der Waals surface area contributed by atoms with Crippen LogP contribution in [0.25, 0.3) is 0 Å². The van der Waals surface area contributed by atoms with Crippen LogP contribution in [0, 0.1) is 11.3 Å². The van der Waals surface area contributed by atoms with Crippen LogP contribution in [-0.2, 0) is 4.74 Å². The number of methoxy groups -OCH3 is 1. The van der Waals surface area contributed by atoms with E-state index in [0.717, 1.165) is 38.6 Å². The Kier molecular flexibility index (Phi) is 9.70. The molecule has 0 aromatic heterocycles. The lowest BCUT2D eigenvalue weighted by molar-refractivity contribution is 0.143. The van der Waals surface area contributed by atoms with E-state index in [4.69, 9.17) is 10.5 Å². The minimum absolute atomic E-state index is 0.378. The summed E-state index contributed by atoms with van der Waals surface area (Å²) in [6.45, 7) is 14.2. The Morgan fingerprint density at radius 1 is 1.17 bits per heavy atom. The first-order valence-corrected chi connectivity index (χ1v) is 7.37. The highest BCUT2D eigenvalue weighted by molar-refractivity contribution is 4.75. The molecule has 0 aliphatic heterocycles. The Morgan fingerprint density at radius 2 is 1.83 bits per heavy atom. The van der Waals surface area contributed by atoms with Crippen molar-refractivity contribution in [3.05, 3.63) is 0 Å². The van der Waals surface area contributed by atoms with E-state index in [9.17, 15) is 0 Å². The summed E-state index contributed by atoms with van der Waals surface area (Å²) in [5.41, 5.74) is 6.10. The first-order valence-electron chi connectivity index (χ1n) is 7.37. The molecule has 0 spiro atoms. The van der Waals surface area contributed by atoms with E-state index in [0.29, 0.717) is 5.41 Å². The van der Waals surface area contributed by atoms with Crippen molar-refractivity contribution < 1.29 is 4.74 Å². The fourth-order valence-electron chi connectivity index (χ4n) is 2.42. The second-order valence-electron chi connectivity index (χ2n) is 6.21. The van der Waals surface area contributed by atoms with Gasteiger partial charge in [-0.15, -0.1) is 0 Å². The largest absolute Gasteiger partial charge is 0.383 e. The Morgan fingerprint density at radius 3 is 2.28 bits per heavy atom. The molecule has 3 nitrogen and oxygen atoms in total. The topological polar surface area (TPSA) is 38.5 Å². The van der Waals surface area contributed by atoms with Crippen LogP contribution < -0.4 is 5.73 Å². The Bertz CT molecular complexity index is 189. The number of rotatable bonds is 10. The lowest BCUT2D eigenvalue weighted by Gasteiger charge is -2.31. The molecule has 3 heteroatoms. The molecular weight excluding hydrogens is 224 g/mol. The molecule has 2 N–H and O–H groups in total. The smallest absolute Gasteiger partial charge is 0.0589 e. The van der Waals surface area contributed by atoms with E-state index in [1.165, 1.54) is 19.4 Å². The van der Waals surface area contributed by atoms with Crippen LogP contribution in [0.2, 0.25) is 0 Å². The maximum Gasteiger partial charge on any atom is 0.0589 e. The highest BCUT2D eigenvalue weighted by Crippen LogP contribution is 2.32. The minimum atomic E-state index is 0.378. The molecule has 1 unspecified atom stereocenters. The van der Waals surface area contributed by atoms with Crippen LogP contribution in [0.3, 0.4) is 0 Å². The number of nitrogens with zero attached hydrogens (tertiary/aromatic N) is 1. The third kappa shape index (κ3) is 8.06. The van der Waals surface area contributed by atoms with Gasteiger partial charge >= 0.3 is 0 Å². The lowest BCUT2D eigenvalue weighted by Crippen LogP contribution is -2.30. The lowest BCUT2D eigenvalue weighted by atomic mass is 9.76. The number of likely N-dealkylation sites (N-methyl/N-ethyl adjacent to an activating group) is 1. The molecule has 0 fully saturated rings. The summed E-state index contributed by atoms with van der Waals surface area (Å²) in [6, 6.07) is 0. The molecule has 0 heterocycles. The summed E-state index contributed by atoms with van der Waals surface area (Å²) in [5, 5.41) is 0. The zero-order chi connectivity index (χ0) is 14.0. The minimum Gasteiger partial charge on any atom is -0.383 e. The average Bonchev–Trinajstić information content (AvgIpc) is 2.30. The van der Waals surface area contributed by atoms with Crippen LogP contribution in [-0.4, -0.2) is 44.8 Å². The van der Waals surface area contributed by atoms with Gasteiger partial charge in [-0.3, -0.25) is 0 Å². The molecule has 0 rings (SSSR count). The van der Waals surface area contributed by atoms with Crippen molar-refractivity contribution in [1.29, 1.82) is 0 Å². The van der Waals surface area contributed by atoms with Crippen molar-refractivity contribution in [1.82, 2.24) is 4.90 Å². The average molecular weight is 258 g/mol. The Hall–Kier alpha value is -0.120. The van der Waals surface area contributed by atoms with Gasteiger partial charge in [-0.1, -0.05) is 27.7 Å². The van der Waals surface area contributed by atoms with Crippen molar-refractivity contribution >= 4 is 0 Å². The van der Waals surface area contributed by atoms with E-state index in [1.54, 1.807) is 7.11 Å². The molecule has 0 aromatic rings. The van der Waals surface area contributed by atoms with Crippen molar-refractivity contribution in [2.45, 2.75) is 47.0 Å². The second-order valence-corrected chi connectivity index (χ2v) is 6.21. The molecule has 0 aromatic carbocycles. The van der Waals surface area contributed by atoms with Gasteiger partial charge < -0.3 is 15.4 Å². The molecule has 0 aliphatic carbocycles. The maximum absolute atomic E-state index is 5.72. The standard InChI is InChI=1S/C15H34N2O/c1-6-17(12-13-18-5)11-7-8-14(9-10-16)15(2,3)4/h14H,6-13,16H2,1-5H3. The van der Waals surface area contributed by atoms with Gasteiger partial charge in [-0.05, 0) is 50.2 Å². The predicted molar refractivity (Wildman–Crippen MR) is 79.8 cm³/mol. The highest BCUT2D eigenvalue weighted by Gasteiger charge is 2.23. The van der Waals surface area contributed by atoms with Gasteiger partial charge in [0.15, 0.2) is 0 Å². The van der Waals surface area contributed by atoms with Crippen LogP contribution in [0.4, 0.5) is 0 Å². The molecule has 0 saturated heterocycles. The van der Waals surface area contributed by atoms with Gasteiger partial charge in [0.2, 0.25) is 0 Å². The van der Waals surface area contributed by atoms with Gasteiger partial charge in [0.25, 0.3) is 0 Å². The van der Waals surface area contributed by atoms with E-state index >= 15 is 0 Å². The second kappa shape index (κ2) is 9.76. The Balaban J connectivity index is 3.96. The van der Waals surface area contributed by atoms with Crippen LogP contribution in [0.15, 0.2) is 0 Å². The molecule has 0 radical (unpaired) electrons. The van der Waals surface area contributed by atoms with Gasteiger partial charge in [-0.2, -0.15) is 0 Å². The highest BCUT2D eigenvalue weighted by atomic mass is 16.5. The van der Waals surface area contributed by atoms with Crippen molar-refractivity contribution in [2.75, 3.05) is 39.9 Å². The quantitative estimate of drug-likeness (QED) is 0.655. The Labute approximate surface area is 114 Å². The fraction of sp³-hybridized carbons (Fsp3) is 1.00. The number of ether oxygens (including phenoxy) is 1. The summed E-state index contributed by atoms with van der Waals surface area (Å²) in [5.74, 6) is 0.739. The maximum atomic E-state index is 5.72. The number of hydrogen-bond donors (Lipinski definition) is 1. The van der Waals surface area contributed by atoms with Crippen molar-refractivity contribution in [3.8, 4) is 0 Å².